The van der Waals surface area contributed by atoms with Gasteiger partial charge in [0.1, 0.15) is 10.7 Å². The zero-order valence-electron chi connectivity index (χ0n) is 18.0. The van der Waals surface area contributed by atoms with Crippen LogP contribution in [0.3, 0.4) is 0 Å². The van der Waals surface area contributed by atoms with Crippen LogP contribution >= 0.6 is 22.9 Å². The van der Waals surface area contributed by atoms with Crippen LogP contribution in [0, 0.1) is 6.92 Å². The Labute approximate surface area is 199 Å². The van der Waals surface area contributed by atoms with Crippen LogP contribution in [-0.4, -0.2) is 21.7 Å². The molecular formula is C25H21ClN4O2S. The number of aryl methyl sites for hydroxylation is 3. The largest absolute Gasteiger partial charge is 0.271 e. The lowest BCUT2D eigenvalue weighted by atomic mass is 9.97. The van der Waals surface area contributed by atoms with Gasteiger partial charge in [-0.25, -0.2) is 10.4 Å². The molecule has 0 spiro atoms. The monoisotopic (exact) mass is 476 g/mol. The summed E-state index contributed by atoms with van der Waals surface area (Å²) in [6.45, 7) is 1.84. The molecule has 5 rings (SSSR count). The van der Waals surface area contributed by atoms with Gasteiger partial charge >= 0.3 is 0 Å². The topological polar surface area (TPSA) is 76.3 Å². The number of halogens is 1. The van der Waals surface area contributed by atoms with Gasteiger partial charge < -0.3 is 0 Å². The molecule has 1 amide bonds. The number of amides is 1. The summed E-state index contributed by atoms with van der Waals surface area (Å²) in [6.07, 6.45) is 5.77. The van der Waals surface area contributed by atoms with Crippen molar-refractivity contribution < 1.29 is 4.79 Å². The Morgan fingerprint density at radius 3 is 2.76 bits per heavy atom. The highest BCUT2D eigenvalue weighted by Gasteiger charge is 2.21. The van der Waals surface area contributed by atoms with E-state index in [1.54, 1.807) is 52.3 Å². The molecule has 6 nitrogen and oxygen atoms in total. The molecule has 1 aliphatic carbocycles. The van der Waals surface area contributed by atoms with E-state index in [-0.39, 0.29) is 11.5 Å². The fraction of sp³-hybridized carbons (Fsp3) is 0.200. The van der Waals surface area contributed by atoms with Crippen molar-refractivity contribution in [3.05, 3.63) is 91.3 Å². The molecule has 8 heteroatoms. The number of carbonyl (C=O) groups excluding carboxylic acids is 1. The van der Waals surface area contributed by atoms with Crippen LogP contribution in [0.1, 0.15) is 45.0 Å². The van der Waals surface area contributed by atoms with Crippen molar-refractivity contribution in [3.8, 4) is 5.69 Å². The van der Waals surface area contributed by atoms with E-state index < -0.39 is 0 Å². The number of benzene rings is 2. The minimum atomic E-state index is -0.343. The number of aromatic nitrogens is 2. The van der Waals surface area contributed by atoms with Crippen LogP contribution < -0.4 is 11.0 Å². The van der Waals surface area contributed by atoms with Gasteiger partial charge in [0.15, 0.2) is 0 Å². The Kier molecular flexibility index (Phi) is 5.83. The average Bonchev–Trinajstić information content (AvgIpc) is 3.18. The summed E-state index contributed by atoms with van der Waals surface area (Å²) in [6, 6.07) is 14.1. The molecule has 2 heterocycles. The van der Waals surface area contributed by atoms with Crippen molar-refractivity contribution >= 4 is 45.3 Å². The number of hydrogen-bond acceptors (Lipinski definition) is 5. The Bertz CT molecular complexity index is 1450. The number of carbonyl (C=O) groups is 1. The van der Waals surface area contributed by atoms with E-state index in [4.69, 9.17) is 16.6 Å². The van der Waals surface area contributed by atoms with Gasteiger partial charge in [-0.1, -0.05) is 23.7 Å². The van der Waals surface area contributed by atoms with Crippen LogP contribution in [0.2, 0.25) is 5.02 Å². The first-order valence-corrected chi connectivity index (χ1v) is 11.9. The molecule has 0 saturated heterocycles. The van der Waals surface area contributed by atoms with Gasteiger partial charge in [0.05, 0.1) is 17.3 Å². The lowest BCUT2D eigenvalue weighted by Gasteiger charge is -2.12. The molecule has 0 unspecified atom stereocenters. The van der Waals surface area contributed by atoms with Gasteiger partial charge in [-0.15, -0.1) is 11.3 Å². The average molecular weight is 477 g/mol. The van der Waals surface area contributed by atoms with Gasteiger partial charge in [-0.2, -0.15) is 5.10 Å². The van der Waals surface area contributed by atoms with E-state index in [0.29, 0.717) is 22.1 Å². The molecule has 2 aromatic heterocycles. The second-order valence-electron chi connectivity index (χ2n) is 7.99. The number of hydrogen-bond donors (Lipinski definition) is 1. The third-order valence-corrected chi connectivity index (χ3v) is 7.19. The maximum Gasteiger partial charge on any atom is 0.271 e. The second kappa shape index (κ2) is 8.92. The quantitative estimate of drug-likeness (QED) is 0.330. The van der Waals surface area contributed by atoms with E-state index in [2.05, 4.69) is 10.5 Å². The highest BCUT2D eigenvalue weighted by Crippen LogP contribution is 2.34. The number of nitrogens with zero attached hydrogens (tertiary/aromatic N) is 3. The van der Waals surface area contributed by atoms with E-state index in [0.717, 1.165) is 35.0 Å². The highest BCUT2D eigenvalue weighted by atomic mass is 35.5. The predicted molar refractivity (Wildman–Crippen MR) is 133 cm³/mol. The van der Waals surface area contributed by atoms with Crippen LogP contribution in [0.4, 0.5) is 0 Å². The van der Waals surface area contributed by atoms with Crippen molar-refractivity contribution in [2.75, 3.05) is 0 Å². The summed E-state index contributed by atoms with van der Waals surface area (Å²) >= 11 is 7.60. The number of rotatable bonds is 4. The van der Waals surface area contributed by atoms with Gasteiger partial charge in [-0.3, -0.25) is 14.2 Å². The fourth-order valence-electron chi connectivity index (χ4n) is 4.19. The van der Waals surface area contributed by atoms with E-state index >= 15 is 0 Å². The van der Waals surface area contributed by atoms with E-state index in [9.17, 15) is 9.59 Å². The maximum absolute atomic E-state index is 13.4. The van der Waals surface area contributed by atoms with Gasteiger partial charge in [-0.05, 0) is 80.1 Å². The molecule has 0 saturated carbocycles. The Morgan fingerprint density at radius 1 is 1.18 bits per heavy atom. The van der Waals surface area contributed by atoms with Crippen molar-refractivity contribution in [1.82, 2.24) is 15.0 Å². The SMILES string of the molecule is Cc1nc2sc3c(c2c(=O)n1-c1ccc(C(=O)N/N=C\c2cccc(Cl)c2)cc1)CCCC3. The molecule has 1 N–H and O–H groups in total. The standard InChI is InChI=1S/C25H21ClN4O2S/c1-15-28-24-22(20-7-2-3-8-21(20)33-24)25(32)30(15)19-11-9-17(10-12-19)23(31)29-27-14-16-5-4-6-18(26)13-16/h4-6,9-14H,2-3,7-8H2,1H3,(H,29,31)/b27-14-. The van der Waals surface area contributed by atoms with Crippen LogP contribution in [0.15, 0.2) is 58.4 Å². The number of hydrazone groups is 1. The minimum absolute atomic E-state index is 0.0415. The summed E-state index contributed by atoms with van der Waals surface area (Å²) in [7, 11) is 0. The Balaban J connectivity index is 1.40. The molecular weight excluding hydrogens is 456 g/mol. The van der Waals surface area contributed by atoms with Gasteiger partial charge in [0, 0.05) is 15.5 Å². The molecule has 0 aliphatic heterocycles. The van der Waals surface area contributed by atoms with Crippen molar-refractivity contribution in [2.45, 2.75) is 32.6 Å². The highest BCUT2D eigenvalue weighted by molar-refractivity contribution is 7.18. The first-order chi connectivity index (χ1) is 16.0. The van der Waals surface area contributed by atoms with Crippen molar-refractivity contribution in [2.24, 2.45) is 5.10 Å². The Morgan fingerprint density at radius 2 is 1.97 bits per heavy atom. The first kappa shape index (κ1) is 21.6. The lowest BCUT2D eigenvalue weighted by Crippen LogP contribution is -2.23. The molecule has 4 aromatic rings. The summed E-state index contributed by atoms with van der Waals surface area (Å²) in [5.41, 5.74) is 5.54. The summed E-state index contributed by atoms with van der Waals surface area (Å²) < 4.78 is 1.63. The van der Waals surface area contributed by atoms with E-state index in [1.165, 1.54) is 23.1 Å². The minimum Gasteiger partial charge on any atom is -0.268 e. The molecule has 0 atom stereocenters. The third kappa shape index (κ3) is 4.21. The summed E-state index contributed by atoms with van der Waals surface area (Å²) in [4.78, 5) is 32.7. The molecule has 33 heavy (non-hydrogen) atoms. The summed E-state index contributed by atoms with van der Waals surface area (Å²) in [5.74, 6) is 0.291. The molecule has 166 valence electrons. The van der Waals surface area contributed by atoms with Crippen molar-refractivity contribution in [1.29, 1.82) is 0 Å². The molecule has 0 radical (unpaired) electrons. The van der Waals surface area contributed by atoms with Crippen molar-refractivity contribution in [3.63, 3.8) is 0 Å². The van der Waals surface area contributed by atoms with Crippen LogP contribution in [0.25, 0.3) is 15.9 Å². The zero-order valence-corrected chi connectivity index (χ0v) is 19.5. The number of fused-ring (bicyclic) bond motifs is 3. The fourth-order valence-corrected chi connectivity index (χ4v) is 5.69. The lowest BCUT2D eigenvalue weighted by molar-refractivity contribution is 0.0955. The molecule has 1 aliphatic rings. The van der Waals surface area contributed by atoms with Gasteiger partial charge in [0.25, 0.3) is 11.5 Å². The Hall–Kier alpha value is -3.29. The molecule has 0 bridgehead atoms. The molecule has 0 fully saturated rings. The normalized spacial score (nSPS) is 13.4. The predicted octanol–water partition coefficient (Wildman–Crippen LogP) is 5.05. The van der Waals surface area contributed by atoms with E-state index in [1.807, 2.05) is 19.1 Å². The van der Waals surface area contributed by atoms with Crippen LogP contribution in [-0.2, 0) is 12.8 Å². The van der Waals surface area contributed by atoms with Crippen LogP contribution in [0.5, 0.6) is 0 Å². The number of nitrogens with one attached hydrogen (secondary N) is 1. The van der Waals surface area contributed by atoms with Gasteiger partial charge in [0.2, 0.25) is 0 Å². The smallest absolute Gasteiger partial charge is 0.268 e. The third-order valence-electron chi connectivity index (χ3n) is 5.77. The second-order valence-corrected chi connectivity index (χ2v) is 9.51. The number of thiophene rings is 1. The first-order valence-electron chi connectivity index (χ1n) is 10.7. The molecule has 2 aromatic carbocycles. The maximum atomic E-state index is 13.4. The summed E-state index contributed by atoms with van der Waals surface area (Å²) in [5, 5.41) is 5.34. The zero-order chi connectivity index (χ0) is 22.9.